The molecule has 1 fully saturated rings. The Morgan fingerprint density at radius 3 is 3.15 bits per heavy atom. The van der Waals surface area contributed by atoms with Gasteiger partial charge in [0.25, 0.3) is 0 Å². The van der Waals surface area contributed by atoms with Gasteiger partial charge >= 0.3 is 5.97 Å². The van der Waals surface area contributed by atoms with Crippen molar-refractivity contribution in [2.24, 2.45) is 10.6 Å². The lowest BCUT2D eigenvalue weighted by atomic mass is 9.74. The number of carbonyl (C=O) groups excluding carboxylic acids is 1. The predicted molar refractivity (Wildman–Crippen MR) is 101 cm³/mol. The lowest BCUT2D eigenvalue weighted by Gasteiger charge is -2.41. The molecule has 0 amide bonds. The van der Waals surface area contributed by atoms with Gasteiger partial charge in [-0.15, -0.1) is 6.42 Å². The molecule has 1 aromatic carbocycles. The first kappa shape index (κ1) is 19.4. The molecule has 6 heteroatoms. The van der Waals surface area contributed by atoms with Crippen LogP contribution in [-0.2, 0) is 14.4 Å². The maximum Gasteiger partial charge on any atom is 0.313 e. The third-order valence-electron chi connectivity index (χ3n) is 5.19. The number of hydrogen-bond acceptors (Lipinski definition) is 5. The number of halogens is 1. The van der Waals surface area contributed by atoms with E-state index in [1.165, 1.54) is 12.1 Å². The zero-order valence-electron chi connectivity index (χ0n) is 15.6. The molecule has 0 N–H and O–H groups in total. The summed E-state index contributed by atoms with van der Waals surface area (Å²) in [7, 11) is 0. The zero-order chi connectivity index (χ0) is 19.3. The molecule has 27 heavy (non-hydrogen) atoms. The fraction of sp³-hybridized carbons (Fsp3) is 0.524. The van der Waals surface area contributed by atoms with Crippen molar-refractivity contribution >= 4 is 11.7 Å². The van der Waals surface area contributed by atoms with Gasteiger partial charge in [0, 0.05) is 24.9 Å². The Labute approximate surface area is 159 Å². The molecule has 0 spiro atoms. The number of nitrogens with zero attached hydrogens (tertiary/aromatic N) is 2. The van der Waals surface area contributed by atoms with Crippen molar-refractivity contribution < 1.29 is 18.8 Å². The van der Waals surface area contributed by atoms with Gasteiger partial charge in [0.1, 0.15) is 11.9 Å². The summed E-state index contributed by atoms with van der Waals surface area (Å²) in [6.45, 7) is 4.10. The molecule has 2 aliphatic rings. The Hall–Kier alpha value is -2.39. The van der Waals surface area contributed by atoms with Crippen molar-refractivity contribution in [1.29, 1.82) is 0 Å². The normalized spacial score (nSPS) is 25.4. The van der Waals surface area contributed by atoms with Crippen LogP contribution in [0, 0.1) is 23.6 Å². The number of oxime groups is 1. The van der Waals surface area contributed by atoms with E-state index in [2.05, 4.69) is 16.0 Å². The number of rotatable bonds is 6. The van der Waals surface area contributed by atoms with E-state index in [0.29, 0.717) is 43.8 Å². The lowest BCUT2D eigenvalue weighted by Crippen LogP contribution is -2.50. The minimum Gasteiger partial charge on any atom is -0.466 e. The summed E-state index contributed by atoms with van der Waals surface area (Å²) in [5.41, 5.74) is 0.762. The second-order valence-electron chi connectivity index (χ2n) is 7.20. The number of esters is 1. The Morgan fingerprint density at radius 1 is 1.56 bits per heavy atom. The van der Waals surface area contributed by atoms with Gasteiger partial charge in [0.05, 0.1) is 24.3 Å². The fourth-order valence-corrected chi connectivity index (χ4v) is 4.00. The summed E-state index contributed by atoms with van der Waals surface area (Å²) >= 11 is 0. The van der Waals surface area contributed by atoms with Crippen LogP contribution in [-0.4, -0.2) is 48.9 Å². The third-order valence-corrected chi connectivity index (χ3v) is 5.19. The van der Waals surface area contributed by atoms with Gasteiger partial charge < -0.3 is 9.57 Å². The molecule has 0 aliphatic carbocycles. The minimum absolute atomic E-state index is 0.200. The number of carbonyl (C=O) groups is 1. The van der Waals surface area contributed by atoms with Crippen LogP contribution in [0.2, 0.25) is 0 Å². The Morgan fingerprint density at radius 2 is 2.41 bits per heavy atom. The van der Waals surface area contributed by atoms with E-state index in [0.717, 1.165) is 19.4 Å². The molecule has 2 aliphatic heterocycles. The molecule has 144 valence electrons. The maximum absolute atomic E-state index is 13.5. The van der Waals surface area contributed by atoms with Gasteiger partial charge in [0.15, 0.2) is 0 Å². The second kappa shape index (κ2) is 8.53. The molecule has 2 heterocycles. The van der Waals surface area contributed by atoms with Crippen molar-refractivity contribution in [3.63, 3.8) is 0 Å². The molecule has 0 aromatic heterocycles. The summed E-state index contributed by atoms with van der Waals surface area (Å²) in [6, 6.07) is 6.31. The van der Waals surface area contributed by atoms with Gasteiger partial charge in [-0.2, -0.15) is 0 Å². The Bertz CT molecular complexity index is 758. The predicted octanol–water partition coefficient (Wildman–Crippen LogP) is 2.99. The SMILES string of the molecule is C#CCN1CCCC(CC2CC(c3cccc(F)c3)=NO2)(C(=O)OCC)C1. The summed E-state index contributed by atoms with van der Waals surface area (Å²) in [4.78, 5) is 20.5. The van der Waals surface area contributed by atoms with Crippen molar-refractivity contribution in [1.82, 2.24) is 4.90 Å². The van der Waals surface area contributed by atoms with E-state index in [-0.39, 0.29) is 17.9 Å². The molecule has 0 saturated carbocycles. The topological polar surface area (TPSA) is 51.1 Å². The van der Waals surface area contributed by atoms with E-state index < -0.39 is 5.41 Å². The lowest BCUT2D eigenvalue weighted by molar-refractivity contribution is -0.162. The highest BCUT2D eigenvalue weighted by atomic mass is 19.1. The van der Waals surface area contributed by atoms with Crippen molar-refractivity contribution in [2.45, 2.75) is 38.7 Å². The van der Waals surface area contributed by atoms with E-state index in [1.54, 1.807) is 6.07 Å². The van der Waals surface area contributed by atoms with Crippen LogP contribution in [0.5, 0.6) is 0 Å². The first-order valence-corrected chi connectivity index (χ1v) is 9.38. The second-order valence-corrected chi connectivity index (χ2v) is 7.20. The Kier molecular flexibility index (Phi) is 6.12. The molecule has 1 saturated heterocycles. The average Bonchev–Trinajstić information content (AvgIpc) is 3.11. The van der Waals surface area contributed by atoms with Crippen molar-refractivity contribution in [3.8, 4) is 12.3 Å². The number of ether oxygens (including phenoxy) is 1. The van der Waals surface area contributed by atoms with Crippen LogP contribution in [0.25, 0.3) is 0 Å². The molecule has 0 radical (unpaired) electrons. The summed E-state index contributed by atoms with van der Waals surface area (Å²) in [6.07, 6.45) is 7.89. The molecule has 3 rings (SSSR count). The van der Waals surface area contributed by atoms with E-state index in [1.807, 2.05) is 13.0 Å². The number of piperidine rings is 1. The van der Waals surface area contributed by atoms with E-state index in [9.17, 15) is 9.18 Å². The van der Waals surface area contributed by atoms with Gasteiger partial charge in [0.2, 0.25) is 0 Å². The molecule has 2 atom stereocenters. The van der Waals surface area contributed by atoms with Crippen LogP contribution in [0.1, 0.15) is 38.2 Å². The first-order valence-electron chi connectivity index (χ1n) is 9.38. The standard InChI is InChI=1S/C21H25FN2O3/c1-3-10-24-11-6-9-21(15-24,20(25)26-4-2)14-18-13-19(23-27-18)16-7-5-8-17(22)12-16/h1,5,7-8,12,18H,4,6,9-11,13-15H2,2H3. The zero-order valence-corrected chi connectivity index (χ0v) is 15.6. The smallest absolute Gasteiger partial charge is 0.313 e. The van der Waals surface area contributed by atoms with E-state index in [4.69, 9.17) is 16.0 Å². The van der Waals surface area contributed by atoms with Gasteiger partial charge in [-0.3, -0.25) is 9.69 Å². The van der Waals surface area contributed by atoms with Crippen molar-refractivity contribution in [2.75, 3.05) is 26.2 Å². The molecule has 5 nitrogen and oxygen atoms in total. The van der Waals surface area contributed by atoms with Crippen LogP contribution in [0.3, 0.4) is 0 Å². The molecule has 0 bridgehead atoms. The summed E-state index contributed by atoms with van der Waals surface area (Å²) in [5.74, 6) is 2.15. The highest BCUT2D eigenvalue weighted by Crippen LogP contribution is 2.38. The molecular formula is C21H25FN2O3. The van der Waals surface area contributed by atoms with Gasteiger partial charge in [-0.05, 0) is 38.4 Å². The summed E-state index contributed by atoms with van der Waals surface area (Å²) in [5, 5.41) is 4.14. The minimum atomic E-state index is -0.650. The highest BCUT2D eigenvalue weighted by molar-refractivity contribution is 6.01. The number of terminal acetylenes is 1. The number of hydrogen-bond donors (Lipinski definition) is 0. The fourth-order valence-electron chi connectivity index (χ4n) is 4.00. The average molecular weight is 372 g/mol. The van der Waals surface area contributed by atoms with Crippen LogP contribution in [0.15, 0.2) is 29.4 Å². The summed E-state index contributed by atoms with van der Waals surface area (Å²) < 4.78 is 18.9. The molecule has 2 unspecified atom stereocenters. The van der Waals surface area contributed by atoms with Gasteiger partial charge in [-0.25, -0.2) is 4.39 Å². The molecule has 1 aromatic rings. The highest BCUT2D eigenvalue weighted by Gasteiger charge is 2.46. The third kappa shape index (κ3) is 4.48. The first-order chi connectivity index (χ1) is 13.1. The number of benzene rings is 1. The van der Waals surface area contributed by atoms with Crippen LogP contribution >= 0.6 is 0 Å². The number of likely N-dealkylation sites (tertiary alicyclic amines) is 1. The van der Waals surface area contributed by atoms with Crippen LogP contribution in [0.4, 0.5) is 4.39 Å². The molecular weight excluding hydrogens is 347 g/mol. The van der Waals surface area contributed by atoms with Gasteiger partial charge in [-0.1, -0.05) is 23.2 Å². The van der Waals surface area contributed by atoms with E-state index >= 15 is 0 Å². The Balaban J connectivity index is 1.72. The maximum atomic E-state index is 13.5. The van der Waals surface area contributed by atoms with Crippen molar-refractivity contribution in [3.05, 3.63) is 35.6 Å². The van der Waals surface area contributed by atoms with Crippen LogP contribution < -0.4 is 0 Å². The largest absolute Gasteiger partial charge is 0.466 e. The monoisotopic (exact) mass is 372 g/mol. The quantitative estimate of drug-likeness (QED) is 0.569.